The molecule has 1 aromatic rings. The van der Waals surface area contributed by atoms with Crippen LogP contribution in [0.2, 0.25) is 0 Å². The molecule has 1 rings (SSSR count). The van der Waals surface area contributed by atoms with Crippen LogP contribution in [0.4, 0.5) is 0 Å². The third-order valence-electron chi connectivity index (χ3n) is 1.07. The molecule has 4 nitrogen and oxygen atoms in total. The third-order valence-corrected chi connectivity index (χ3v) is 1.07. The largest absolute Gasteiger partial charge is 0.441 e. The van der Waals surface area contributed by atoms with Crippen molar-refractivity contribution in [3.63, 3.8) is 0 Å². The maximum absolute atomic E-state index is 10.6. The lowest BCUT2D eigenvalue weighted by molar-refractivity contribution is 0.370. The molecule has 0 atom stereocenters. The summed E-state index contributed by atoms with van der Waals surface area (Å²) in [6.45, 7) is 3.78. The minimum absolute atomic E-state index is 0.128. The Kier molecular flexibility index (Phi) is 1.38. The highest BCUT2D eigenvalue weighted by Gasteiger charge is 2.01. The summed E-state index contributed by atoms with van der Waals surface area (Å²) in [5.74, 6) is -0.398. The summed E-state index contributed by atoms with van der Waals surface area (Å²) in [6.07, 6.45) is 1.38. The van der Waals surface area contributed by atoms with E-state index in [9.17, 15) is 4.79 Å². The van der Waals surface area contributed by atoms with Crippen LogP contribution in [0.15, 0.2) is 15.6 Å². The molecule has 0 aliphatic carbocycles. The Bertz CT molecular complexity index is 235. The van der Waals surface area contributed by atoms with Crippen molar-refractivity contribution in [1.29, 1.82) is 0 Å². The first-order chi connectivity index (χ1) is 4.22. The Morgan fingerprint density at radius 2 is 2.44 bits per heavy atom. The van der Waals surface area contributed by atoms with E-state index in [0.29, 0.717) is 0 Å². The number of nitrogens with zero attached hydrogens (tertiary/aromatic N) is 2. The summed E-state index contributed by atoms with van der Waals surface area (Å²) < 4.78 is 5.70. The van der Waals surface area contributed by atoms with Crippen LogP contribution in [0.5, 0.6) is 0 Å². The molecule has 0 spiro atoms. The zero-order chi connectivity index (χ0) is 6.85. The molecule has 0 radical (unpaired) electrons. The van der Waals surface area contributed by atoms with Crippen LogP contribution < -0.4 is 5.76 Å². The lowest BCUT2D eigenvalue weighted by atomic mass is 10.4. The standard InChI is InChI=1S/C5H8N2O2/c1-4(2)7-3-6-9-5(7)8/h3-4H,1-2H3. The number of hydrogen-bond acceptors (Lipinski definition) is 3. The molecule has 0 saturated carbocycles. The number of aromatic nitrogens is 2. The molecule has 0 aromatic carbocycles. The number of hydrogen-bond donors (Lipinski definition) is 0. The monoisotopic (exact) mass is 128 g/mol. The smallest absolute Gasteiger partial charge is 0.296 e. The summed E-state index contributed by atoms with van der Waals surface area (Å²) >= 11 is 0. The number of rotatable bonds is 1. The van der Waals surface area contributed by atoms with Gasteiger partial charge in [0.2, 0.25) is 0 Å². The lowest BCUT2D eigenvalue weighted by Crippen LogP contribution is -2.14. The highest BCUT2D eigenvalue weighted by Crippen LogP contribution is 1.95. The second-order valence-corrected chi connectivity index (χ2v) is 2.08. The van der Waals surface area contributed by atoms with Gasteiger partial charge in [-0.2, -0.15) is 0 Å². The van der Waals surface area contributed by atoms with Crippen molar-refractivity contribution in [1.82, 2.24) is 9.72 Å². The SMILES string of the molecule is CC(C)n1cnoc1=O. The molecule has 0 bridgehead atoms. The molecule has 4 heteroatoms. The Labute approximate surface area is 52.1 Å². The molecule has 0 fully saturated rings. The summed E-state index contributed by atoms with van der Waals surface area (Å²) in [5.41, 5.74) is 0. The van der Waals surface area contributed by atoms with E-state index in [-0.39, 0.29) is 6.04 Å². The van der Waals surface area contributed by atoms with Gasteiger partial charge in [-0.3, -0.25) is 9.09 Å². The molecule has 0 amide bonds. The predicted octanol–water partition coefficient (Wildman–Crippen LogP) is 0.417. The Morgan fingerprint density at radius 3 is 2.67 bits per heavy atom. The Morgan fingerprint density at radius 1 is 1.78 bits per heavy atom. The molecule has 0 N–H and O–H groups in total. The van der Waals surface area contributed by atoms with E-state index in [1.165, 1.54) is 10.9 Å². The fourth-order valence-electron chi connectivity index (χ4n) is 0.558. The highest BCUT2D eigenvalue weighted by molar-refractivity contribution is 4.62. The van der Waals surface area contributed by atoms with Gasteiger partial charge in [-0.25, -0.2) is 4.79 Å². The second-order valence-electron chi connectivity index (χ2n) is 2.08. The van der Waals surface area contributed by atoms with E-state index in [0.717, 1.165) is 0 Å². The van der Waals surface area contributed by atoms with Gasteiger partial charge in [0, 0.05) is 6.04 Å². The van der Waals surface area contributed by atoms with Crippen molar-refractivity contribution in [3.05, 3.63) is 16.9 Å². The van der Waals surface area contributed by atoms with Gasteiger partial charge in [0.15, 0.2) is 0 Å². The van der Waals surface area contributed by atoms with Crippen molar-refractivity contribution in [2.75, 3.05) is 0 Å². The predicted molar refractivity (Wildman–Crippen MR) is 31.1 cm³/mol. The van der Waals surface area contributed by atoms with Gasteiger partial charge in [-0.05, 0) is 13.8 Å². The first-order valence-corrected chi connectivity index (χ1v) is 2.74. The summed E-state index contributed by atoms with van der Waals surface area (Å²) in [4.78, 5) is 10.6. The quantitative estimate of drug-likeness (QED) is 0.550. The van der Waals surface area contributed by atoms with E-state index >= 15 is 0 Å². The maximum atomic E-state index is 10.6. The first kappa shape index (κ1) is 6.07. The molecular formula is C5H8N2O2. The lowest BCUT2D eigenvalue weighted by Gasteiger charge is -1.98. The summed E-state index contributed by atoms with van der Waals surface area (Å²) in [6, 6.07) is 0.128. The van der Waals surface area contributed by atoms with Crippen LogP contribution >= 0.6 is 0 Å². The molecule has 0 saturated heterocycles. The molecule has 0 aliphatic heterocycles. The van der Waals surface area contributed by atoms with E-state index in [2.05, 4.69) is 9.68 Å². The van der Waals surface area contributed by atoms with Crippen molar-refractivity contribution in [3.8, 4) is 0 Å². The van der Waals surface area contributed by atoms with E-state index in [1.807, 2.05) is 13.8 Å². The van der Waals surface area contributed by atoms with Gasteiger partial charge in [0.25, 0.3) is 0 Å². The normalized spacial score (nSPS) is 10.6. The molecule has 0 aliphatic rings. The zero-order valence-corrected chi connectivity index (χ0v) is 5.37. The van der Waals surface area contributed by atoms with Gasteiger partial charge in [0.05, 0.1) is 0 Å². The van der Waals surface area contributed by atoms with Crippen LogP contribution in [0.1, 0.15) is 19.9 Å². The Balaban J connectivity index is 3.08. The fourth-order valence-corrected chi connectivity index (χ4v) is 0.558. The molecule has 9 heavy (non-hydrogen) atoms. The summed E-state index contributed by atoms with van der Waals surface area (Å²) in [7, 11) is 0. The van der Waals surface area contributed by atoms with Crippen molar-refractivity contribution >= 4 is 0 Å². The van der Waals surface area contributed by atoms with Crippen molar-refractivity contribution in [2.45, 2.75) is 19.9 Å². The van der Waals surface area contributed by atoms with Crippen LogP contribution in [0.3, 0.4) is 0 Å². The molecule has 50 valence electrons. The topological polar surface area (TPSA) is 48.0 Å². The van der Waals surface area contributed by atoms with E-state index in [1.54, 1.807) is 0 Å². The van der Waals surface area contributed by atoms with Crippen molar-refractivity contribution in [2.24, 2.45) is 0 Å². The Hall–Kier alpha value is -1.06. The van der Waals surface area contributed by atoms with Gasteiger partial charge < -0.3 is 0 Å². The van der Waals surface area contributed by atoms with Crippen LogP contribution in [0.25, 0.3) is 0 Å². The van der Waals surface area contributed by atoms with Gasteiger partial charge in [-0.15, -0.1) is 0 Å². The molecule has 1 heterocycles. The minimum atomic E-state index is -0.398. The van der Waals surface area contributed by atoms with Gasteiger partial charge in [0.1, 0.15) is 6.33 Å². The van der Waals surface area contributed by atoms with E-state index in [4.69, 9.17) is 0 Å². The second kappa shape index (κ2) is 2.05. The molecular weight excluding hydrogens is 120 g/mol. The summed E-state index contributed by atoms with van der Waals surface area (Å²) in [5, 5.41) is 3.32. The van der Waals surface area contributed by atoms with Crippen molar-refractivity contribution < 1.29 is 4.52 Å². The highest BCUT2D eigenvalue weighted by atomic mass is 16.5. The fraction of sp³-hybridized carbons (Fsp3) is 0.600. The van der Waals surface area contributed by atoms with Crippen LogP contribution in [-0.4, -0.2) is 9.72 Å². The maximum Gasteiger partial charge on any atom is 0.441 e. The average Bonchev–Trinajstić information content (AvgIpc) is 2.13. The van der Waals surface area contributed by atoms with Crippen LogP contribution in [-0.2, 0) is 0 Å². The average molecular weight is 128 g/mol. The van der Waals surface area contributed by atoms with E-state index < -0.39 is 5.76 Å². The molecule has 1 aromatic heterocycles. The zero-order valence-electron chi connectivity index (χ0n) is 5.37. The molecule has 0 unspecified atom stereocenters. The van der Waals surface area contributed by atoms with Gasteiger partial charge in [-0.1, -0.05) is 5.16 Å². The third kappa shape index (κ3) is 1.01. The van der Waals surface area contributed by atoms with Gasteiger partial charge >= 0.3 is 5.76 Å². The van der Waals surface area contributed by atoms with Crippen LogP contribution in [0, 0.1) is 0 Å². The first-order valence-electron chi connectivity index (χ1n) is 2.74. The minimum Gasteiger partial charge on any atom is -0.296 e.